The van der Waals surface area contributed by atoms with Crippen molar-refractivity contribution in [1.82, 2.24) is 4.90 Å². The molecule has 1 amide bonds. The lowest BCUT2D eigenvalue weighted by Crippen LogP contribution is -2.30. The Balaban J connectivity index is 0.00000208. The SMILES string of the molecule is Cl.NC[C@@H]1CN(C(=O)c2ccc(F)c(F)c2)C[C@H]1c1ccccc1. The van der Waals surface area contributed by atoms with E-state index >= 15 is 0 Å². The molecule has 1 saturated heterocycles. The van der Waals surface area contributed by atoms with Gasteiger partial charge in [0.1, 0.15) is 0 Å². The Morgan fingerprint density at radius 1 is 1.08 bits per heavy atom. The Kier molecular flexibility index (Phi) is 5.91. The zero-order valence-corrected chi connectivity index (χ0v) is 13.8. The molecule has 2 aromatic carbocycles. The van der Waals surface area contributed by atoms with Gasteiger partial charge in [-0.2, -0.15) is 0 Å². The number of halogens is 3. The predicted octanol–water partition coefficient (Wildman–Crippen LogP) is 3.20. The van der Waals surface area contributed by atoms with E-state index in [9.17, 15) is 13.6 Å². The highest BCUT2D eigenvalue weighted by atomic mass is 35.5. The van der Waals surface area contributed by atoms with Gasteiger partial charge in [0.05, 0.1) is 0 Å². The largest absolute Gasteiger partial charge is 0.338 e. The molecular weight excluding hydrogens is 334 g/mol. The van der Waals surface area contributed by atoms with Gasteiger partial charge in [0, 0.05) is 24.6 Å². The Hall–Kier alpha value is -1.98. The van der Waals surface area contributed by atoms with Crippen LogP contribution < -0.4 is 5.73 Å². The summed E-state index contributed by atoms with van der Waals surface area (Å²) in [6, 6.07) is 13.2. The van der Waals surface area contributed by atoms with Crippen LogP contribution in [0.1, 0.15) is 21.8 Å². The minimum absolute atomic E-state index is 0. The number of carbonyl (C=O) groups excluding carboxylic acids is 1. The van der Waals surface area contributed by atoms with E-state index in [2.05, 4.69) is 0 Å². The van der Waals surface area contributed by atoms with Crippen molar-refractivity contribution in [2.75, 3.05) is 19.6 Å². The van der Waals surface area contributed by atoms with Crippen molar-refractivity contribution in [3.8, 4) is 0 Å². The molecule has 1 heterocycles. The molecule has 2 N–H and O–H groups in total. The molecule has 0 radical (unpaired) electrons. The van der Waals surface area contributed by atoms with E-state index in [0.29, 0.717) is 19.6 Å². The minimum atomic E-state index is -1.01. The van der Waals surface area contributed by atoms with E-state index < -0.39 is 11.6 Å². The first-order valence-corrected chi connectivity index (χ1v) is 7.59. The molecule has 2 atom stereocenters. The van der Waals surface area contributed by atoms with E-state index in [0.717, 1.165) is 17.7 Å². The van der Waals surface area contributed by atoms with Crippen molar-refractivity contribution < 1.29 is 13.6 Å². The monoisotopic (exact) mass is 352 g/mol. The second-order valence-corrected chi connectivity index (χ2v) is 5.85. The lowest BCUT2D eigenvalue weighted by atomic mass is 9.89. The first-order chi connectivity index (χ1) is 11.1. The third kappa shape index (κ3) is 3.57. The number of benzene rings is 2. The molecule has 1 fully saturated rings. The van der Waals surface area contributed by atoms with E-state index in [-0.39, 0.29) is 35.7 Å². The molecular formula is C18H19ClF2N2O. The van der Waals surface area contributed by atoms with Crippen LogP contribution in [0.5, 0.6) is 0 Å². The van der Waals surface area contributed by atoms with Crippen LogP contribution in [0.25, 0.3) is 0 Å². The van der Waals surface area contributed by atoms with Crippen LogP contribution in [0.2, 0.25) is 0 Å². The van der Waals surface area contributed by atoms with Crippen molar-refractivity contribution >= 4 is 18.3 Å². The summed E-state index contributed by atoms with van der Waals surface area (Å²) in [6.07, 6.45) is 0. The van der Waals surface area contributed by atoms with Crippen LogP contribution in [0.15, 0.2) is 48.5 Å². The Morgan fingerprint density at radius 3 is 2.42 bits per heavy atom. The quantitative estimate of drug-likeness (QED) is 0.922. The Labute approximate surface area is 145 Å². The summed E-state index contributed by atoms with van der Waals surface area (Å²) in [6.45, 7) is 1.53. The number of likely N-dealkylation sites (tertiary alicyclic amines) is 1. The summed E-state index contributed by atoms with van der Waals surface area (Å²) >= 11 is 0. The first-order valence-electron chi connectivity index (χ1n) is 7.59. The zero-order valence-electron chi connectivity index (χ0n) is 13.0. The molecule has 0 aromatic heterocycles. The number of hydrogen-bond donors (Lipinski definition) is 1. The van der Waals surface area contributed by atoms with Crippen molar-refractivity contribution in [3.63, 3.8) is 0 Å². The number of rotatable bonds is 3. The third-order valence-electron chi connectivity index (χ3n) is 4.43. The van der Waals surface area contributed by atoms with E-state index in [1.165, 1.54) is 6.07 Å². The molecule has 0 unspecified atom stereocenters. The summed E-state index contributed by atoms with van der Waals surface area (Å²) in [5.41, 5.74) is 7.16. The van der Waals surface area contributed by atoms with E-state index in [4.69, 9.17) is 5.73 Å². The molecule has 2 aromatic rings. The van der Waals surface area contributed by atoms with Gasteiger partial charge < -0.3 is 10.6 Å². The fourth-order valence-electron chi connectivity index (χ4n) is 3.17. The van der Waals surface area contributed by atoms with Gasteiger partial charge in [-0.1, -0.05) is 30.3 Å². The molecule has 0 saturated carbocycles. The average Bonchev–Trinajstić information content (AvgIpc) is 3.02. The van der Waals surface area contributed by atoms with Crippen molar-refractivity contribution in [2.24, 2.45) is 11.7 Å². The van der Waals surface area contributed by atoms with Crippen LogP contribution in [-0.2, 0) is 0 Å². The fraction of sp³-hybridized carbons (Fsp3) is 0.278. The van der Waals surface area contributed by atoms with Gasteiger partial charge >= 0.3 is 0 Å². The molecule has 3 rings (SSSR count). The minimum Gasteiger partial charge on any atom is -0.338 e. The molecule has 1 aliphatic rings. The smallest absolute Gasteiger partial charge is 0.253 e. The van der Waals surface area contributed by atoms with Gasteiger partial charge in [0.2, 0.25) is 0 Å². The standard InChI is InChI=1S/C18H18F2N2O.ClH/c19-16-7-6-13(8-17(16)20)18(23)22-10-14(9-21)15(11-22)12-4-2-1-3-5-12;/h1-8,14-15H,9-11,21H2;1H/t14-,15+;/m1./s1. The Bertz CT molecular complexity index is 711. The average molecular weight is 353 g/mol. The maximum atomic E-state index is 13.3. The van der Waals surface area contributed by atoms with E-state index in [1.807, 2.05) is 30.3 Å². The normalized spacial score (nSPS) is 19.9. The maximum absolute atomic E-state index is 13.3. The number of hydrogen-bond acceptors (Lipinski definition) is 2. The fourth-order valence-corrected chi connectivity index (χ4v) is 3.17. The molecule has 6 heteroatoms. The molecule has 0 bridgehead atoms. The van der Waals surface area contributed by atoms with Gasteiger partial charge in [-0.05, 0) is 36.2 Å². The summed E-state index contributed by atoms with van der Waals surface area (Å²) in [5, 5.41) is 0. The molecule has 128 valence electrons. The lowest BCUT2D eigenvalue weighted by molar-refractivity contribution is 0.0786. The van der Waals surface area contributed by atoms with Crippen molar-refractivity contribution in [2.45, 2.75) is 5.92 Å². The van der Waals surface area contributed by atoms with Crippen LogP contribution in [0, 0.1) is 17.6 Å². The third-order valence-corrected chi connectivity index (χ3v) is 4.43. The van der Waals surface area contributed by atoms with Gasteiger partial charge in [-0.3, -0.25) is 4.79 Å². The molecule has 0 aliphatic carbocycles. The topological polar surface area (TPSA) is 46.3 Å². The molecule has 3 nitrogen and oxygen atoms in total. The molecule has 0 spiro atoms. The van der Waals surface area contributed by atoms with Crippen LogP contribution in [0.4, 0.5) is 8.78 Å². The highest BCUT2D eigenvalue weighted by molar-refractivity contribution is 5.94. The molecule has 24 heavy (non-hydrogen) atoms. The second-order valence-electron chi connectivity index (χ2n) is 5.85. The zero-order chi connectivity index (χ0) is 16.4. The van der Waals surface area contributed by atoms with Crippen LogP contribution >= 0.6 is 12.4 Å². The van der Waals surface area contributed by atoms with Crippen molar-refractivity contribution in [3.05, 3.63) is 71.3 Å². The number of carbonyl (C=O) groups is 1. The van der Waals surface area contributed by atoms with Gasteiger partial charge in [-0.15, -0.1) is 12.4 Å². The first kappa shape index (κ1) is 18.4. The van der Waals surface area contributed by atoms with Gasteiger partial charge in [-0.25, -0.2) is 8.78 Å². The highest BCUT2D eigenvalue weighted by Crippen LogP contribution is 2.32. The number of amides is 1. The number of nitrogens with two attached hydrogens (primary N) is 1. The molecule has 1 aliphatic heterocycles. The second kappa shape index (κ2) is 7.73. The van der Waals surface area contributed by atoms with Crippen LogP contribution in [-0.4, -0.2) is 30.4 Å². The summed E-state index contributed by atoms with van der Waals surface area (Å²) in [5.74, 6) is -1.93. The summed E-state index contributed by atoms with van der Waals surface area (Å²) in [4.78, 5) is 14.2. The predicted molar refractivity (Wildman–Crippen MR) is 91.2 cm³/mol. The maximum Gasteiger partial charge on any atom is 0.253 e. The summed E-state index contributed by atoms with van der Waals surface area (Å²) < 4.78 is 26.4. The van der Waals surface area contributed by atoms with Gasteiger partial charge in [0.15, 0.2) is 11.6 Å². The number of nitrogens with zero attached hydrogens (tertiary/aromatic N) is 1. The van der Waals surface area contributed by atoms with E-state index in [1.54, 1.807) is 4.90 Å². The van der Waals surface area contributed by atoms with Gasteiger partial charge in [0.25, 0.3) is 5.91 Å². The Morgan fingerprint density at radius 2 is 1.79 bits per heavy atom. The lowest BCUT2D eigenvalue weighted by Gasteiger charge is -2.17. The van der Waals surface area contributed by atoms with Crippen molar-refractivity contribution in [1.29, 1.82) is 0 Å². The summed E-state index contributed by atoms with van der Waals surface area (Å²) in [7, 11) is 0. The van der Waals surface area contributed by atoms with Crippen LogP contribution in [0.3, 0.4) is 0 Å². The highest BCUT2D eigenvalue weighted by Gasteiger charge is 2.35.